The van der Waals surface area contributed by atoms with E-state index in [-0.39, 0.29) is 5.91 Å². The Hall–Kier alpha value is -1.91. The molecule has 25 heavy (non-hydrogen) atoms. The third-order valence-corrected chi connectivity index (χ3v) is 5.16. The molecule has 3 rings (SSSR count). The molecule has 1 amide bonds. The van der Waals surface area contributed by atoms with Crippen molar-refractivity contribution in [3.8, 4) is 0 Å². The summed E-state index contributed by atoms with van der Waals surface area (Å²) in [5.74, 6) is 0.165. The summed E-state index contributed by atoms with van der Waals surface area (Å²) in [6, 6.07) is 14.8. The van der Waals surface area contributed by atoms with Crippen LogP contribution in [0.15, 0.2) is 42.5 Å². The number of piperazine rings is 1. The van der Waals surface area contributed by atoms with E-state index < -0.39 is 0 Å². The summed E-state index contributed by atoms with van der Waals surface area (Å²) in [4.78, 5) is 17.0. The Balaban J connectivity index is 1.39. The van der Waals surface area contributed by atoms with Crippen LogP contribution < -0.4 is 5.32 Å². The molecule has 1 aliphatic heterocycles. The summed E-state index contributed by atoms with van der Waals surface area (Å²) in [6.07, 6.45) is 1.48. The number of hydrogen-bond donors (Lipinski definition) is 1. The second-order valence-electron chi connectivity index (χ2n) is 6.76. The van der Waals surface area contributed by atoms with Crippen LogP contribution in [-0.2, 0) is 11.2 Å². The lowest BCUT2D eigenvalue weighted by atomic mass is 10.0. The van der Waals surface area contributed by atoms with Gasteiger partial charge in [0.1, 0.15) is 0 Å². The molecule has 0 bridgehead atoms. The van der Waals surface area contributed by atoms with Gasteiger partial charge in [-0.25, -0.2) is 0 Å². The number of benzene rings is 2. The quantitative estimate of drug-likeness (QED) is 0.842. The van der Waals surface area contributed by atoms with E-state index in [1.807, 2.05) is 0 Å². The second-order valence-corrected chi connectivity index (χ2v) is 6.76. The van der Waals surface area contributed by atoms with Gasteiger partial charge in [-0.15, -0.1) is 0 Å². The van der Waals surface area contributed by atoms with Gasteiger partial charge in [0, 0.05) is 45.7 Å². The molecule has 2 aromatic carbocycles. The average Bonchev–Trinajstić information content (AvgIpc) is 2.67. The lowest BCUT2D eigenvalue weighted by Gasteiger charge is -2.33. The summed E-state index contributed by atoms with van der Waals surface area (Å²) >= 11 is 0. The fourth-order valence-corrected chi connectivity index (χ4v) is 3.52. The van der Waals surface area contributed by atoms with Crippen LogP contribution in [0.4, 0.5) is 0 Å². The lowest BCUT2D eigenvalue weighted by Crippen LogP contribution is -2.47. The highest BCUT2D eigenvalue weighted by Gasteiger charge is 2.15. The van der Waals surface area contributed by atoms with Crippen LogP contribution in [-0.4, -0.2) is 61.5 Å². The number of nitrogens with zero attached hydrogens (tertiary/aromatic N) is 2. The van der Waals surface area contributed by atoms with Crippen LogP contribution in [0.1, 0.15) is 18.9 Å². The molecule has 1 saturated heterocycles. The van der Waals surface area contributed by atoms with Gasteiger partial charge < -0.3 is 15.1 Å². The molecule has 4 heteroatoms. The normalized spacial score (nSPS) is 16.2. The lowest BCUT2D eigenvalue weighted by molar-refractivity contribution is -0.121. The van der Waals surface area contributed by atoms with E-state index in [4.69, 9.17) is 0 Å². The van der Waals surface area contributed by atoms with Crippen molar-refractivity contribution in [3.63, 3.8) is 0 Å². The van der Waals surface area contributed by atoms with Crippen LogP contribution in [0.3, 0.4) is 0 Å². The highest BCUT2D eigenvalue weighted by atomic mass is 16.1. The Morgan fingerprint density at radius 3 is 2.52 bits per heavy atom. The molecule has 0 saturated carbocycles. The number of amides is 1. The van der Waals surface area contributed by atoms with Crippen LogP contribution in [0.2, 0.25) is 0 Å². The Morgan fingerprint density at radius 1 is 1.00 bits per heavy atom. The van der Waals surface area contributed by atoms with Gasteiger partial charge in [-0.05, 0) is 29.3 Å². The first-order valence-corrected chi connectivity index (χ1v) is 9.44. The number of hydrogen-bond acceptors (Lipinski definition) is 3. The monoisotopic (exact) mass is 339 g/mol. The summed E-state index contributed by atoms with van der Waals surface area (Å²) in [5.41, 5.74) is 1.30. The first kappa shape index (κ1) is 17.9. The van der Waals surface area contributed by atoms with Gasteiger partial charge in [0.2, 0.25) is 5.91 Å². The molecule has 4 nitrogen and oxygen atoms in total. The van der Waals surface area contributed by atoms with Crippen molar-refractivity contribution in [2.45, 2.75) is 19.8 Å². The molecule has 0 unspecified atom stereocenters. The Kier molecular flexibility index (Phi) is 6.42. The van der Waals surface area contributed by atoms with E-state index in [1.54, 1.807) is 0 Å². The molecule has 0 atom stereocenters. The smallest absolute Gasteiger partial charge is 0.221 e. The van der Waals surface area contributed by atoms with Crippen LogP contribution in [0.25, 0.3) is 10.8 Å². The minimum absolute atomic E-state index is 0.165. The predicted molar refractivity (Wildman–Crippen MR) is 104 cm³/mol. The number of likely N-dealkylation sites (N-methyl/N-ethyl adjacent to an activating group) is 1. The van der Waals surface area contributed by atoms with Gasteiger partial charge in [-0.3, -0.25) is 4.79 Å². The first-order chi connectivity index (χ1) is 12.3. The minimum atomic E-state index is 0.165. The molecule has 1 fully saturated rings. The summed E-state index contributed by atoms with van der Waals surface area (Å²) in [6.45, 7) is 9.32. The molecule has 2 aromatic rings. The van der Waals surface area contributed by atoms with E-state index in [2.05, 4.69) is 64.5 Å². The Bertz CT molecular complexity index is 687. The van der Waals surface area contributed by atoms with E-state index in [0.29, 0.717) is 13.0 Å². The van der Waals surface area contributed by atoms with Crippen molar-refractivity contribution >= 4 is 16.7 Å². The van der Waals surface area contributed by atoms with Crippen molar-refractivity contribution in [1.82, 2.24) is 15.1 Å². The molecule has 0 radical (unpaired) electrons. The third-order valence-electron chi connectivity index (χ3n) is 5.16. The topological polar surface area (TPSA) is 35.6 Å². The third kappa shape index (κ3) is 5.03. The molecule has 134 valence electrons. The number of carbonyl (C=O) groups excluding carboxylic acids is 1. The van der Waals surface area contributed by atoms with Crippen molar-refractivity contribution < 1.29 is 4.79 Å². The standard InChI is InChI=1S/C21H29N3O/c1-2-23-14-16-24(17-15-23)13-11-21(25)22-12-10-19-8-5-7-18-6-3-4-9-20(18)19/h3-9H,2,10-17H2,1H3,(H,22,25). The van der Waals surface area contributed by atoms with Crippen molar-refractivity contribution in [2.24, 2.45) is 0 Å². The highest BCUT2D eigenvalue weighted by Crippen LogP contribution is 2.18. The maximum absolute atomic E-state index is 12.1. The number of rotatable bonds is 7. The number of carbonyl (C=O) groups is 1. The van der Waals surface area contributed by atoms with E-state index in [1.165, 1.54) is 16.3 Å². The largest absolute Gasteiger partial charge is 0.356 e. The molecular weight excluding hydrogens is 310 g/mol. The SMILES string of the molecule is CCN1CCN(CCC(=O)NCCc2cccc3ccccc23)CC1. The summed E-state index contributed by atoms with van der Waals surface area (Å²) < 4.78 is 0. The van der Waals surface area contributed by atoms with Gasteiger partial charge in [-0.2, -0.15) is 0 Å². The van der Waals surface area contributed by atoms with Gasteiger partial charge in [0.15, 0.2) is 0 Å². The summed E-state index contributed by atoms with van der Waals surface area (Å²) in [7, 11) is 0. The fraction of sp³-hybridized carbons (Fsp3) is 0.476. The zero-order valence-corrected chi connectivity index (χ0v) is 15.2. The van der Waals surface area contributed by atoms with Crippen molar-refractivity contribution in [3.05, 3.63) is 48.0 Å². The Labute approximate surface area is 150 Å². The van der Waals surface area contributed by atoms with Gasteiger partial charge in [0.05, 0.1) is 0 Å². The molecule has 1 aliphatic rings. The second kappa shape index (κ2) is 8.97. The van der Waals surface area contributed by atoms with Gasteiger partial charge >= 0.3 is 0 Å². The molecule has 0 spiro atoms. The Morgan fingerprint density at radius 2 is 1.72 bits per heavy atom. The van der Waals surface area contributed by atoms with E-state index >= 15 is 0 Å². The molecule has 1 N–H and O–H groups in total. The van der Waals surface area contributed by atoms with Gasteiger partial charge in [-0.1, -0.05) is 49.4 Å². The summed E-state index contributed by atoms with van der Waals surface area (Å²) in [5, 5.41) is 5.63. The van der Waals surface area contributed by atoms with Crippen molar-refractivity contribution in [2.75, 3.05) is 45.8 Å². The maximum atomic E-state index is 12.1. The molecule has 1 heterocycles. The van der Waals surface area contributed by atoms with E-state index in [9.17, 15) is 4.79 Å². The predicted octanol–water partition coefficient (Wildman–Crippen LogP) is 2.53. The average molecular weight is 339 g/mol. The number of fused-ring (bicyclic) bond motifs is 1. The fourth-order valence-electron chi connectivity index (χ4n) is 3.52. The van der Waals surface area contributed by atoms with Crippen molar-refractivity contribution in [1.29, 1.82) is 0 Å². The number of nitrogens with one attached hydrogen (secondary N) is 1. The maximum Gasteiger partial charge on any atom is 0.221 e. The molecule has 0 aliphatic carbocycles. The molecule has 0 aromatic heterocycles. The molecular formula is C21H29N3O. The van der Waals surface area contributed by atoms with Crippen LogP contribution in [0.5, 0.6) is 0 Å². The van der Waals surface area contributed by atoms with Crippen LogP contribution >= 0.6 is 0 Å². The highest BCUT2D eigenvalue weighted by molar-refractivity contribution is 5.85. The first-order valence-electron chi connectivity index (χ1n) is 9.44. The van der Waals surface area contributed by atoms with Crippen LogP contribution in [0, 0.1) is 0 Å². The van der Waals surface area contributed by atoms with Gasteiger partial charge in [0.25, 0.3) is 0 Å². The van der Waals surface area contributed by atoms with E-state index in [0.717, 1.165) is 45.7 Å². The zero-order valence-electron chi connectivity index (χ0n) is 15.2. The zero-order chi connectivity index (χ0) is 17.5. The minimum Gasteiger partial charge on any atom is -0.356 e.